The number of sulfone groups is 1. The lowest BCUT2D eigenvalue weighted by Crippen LogP contribution is -2.31. The minimum Gasteiger partial charge on any atom is -0.329 e. The average molecular weight is 253 g/mol. The Morgan fingerprint density at radius 3 is 2.12 bits per heavy atom. The van der Waals surface area contributed by atoms with Crippen LogP contribution < -0.4 is 5.73 Å². The van der Waals surface area contributed by atoms with E-state index in [0.717, 1.165) is 5.56 Å². The summed E-state index contributed by atoms with van der Waals surface area (Å²) in [6, 6.07) is 7.20. The fourth-order valence-electron chi connectivity index (χ4n) is 2.00. The van der Waals surface area contributed by atoms with Gasteiger partial charge < -0.3 is 5.73 Å². The molecule has 0 aromatic heterocycles. The Bertz CT molecular complexity index is 499. The van der Waals surface area contributed by atoms with Crippen LogP contribution >= 0.6 is 0 Å². The fourth-order valence-corrected chi connectivity index (χ4v) is 3.86. The van der Waals surface area contributed by atoms with Gasteiger partial charge in [0.1, 0.15) is 0 Å². The van der Waals surface area contributed by atoms with Crippen LogP contribution in [0.2, 0.25) is 0 Å². The van der Waals surface area contributed by atoms with Crippen LogP contribution in [-0.2, 0) is 9.84 Å². The largest absolute Gasteiger partial charge is 0.329 e. The van der Waals surface area contributed by atoms with Crippen molar-refractivity contribution >= 4 is 9.84 Å². The summed E-state index contributed by atoms with van der Waals surface area (Å²) in [5.74, 6) is 0.413. The predicted octanol–water partition coefficient (Wildman–Crippen LogP) is 2.08. The number of benzene rings is 1. The first-order valence-corrected chi connectivity index (χ1v) is 7.46. The first-order valence-electron chi connectivity index (χ1n) is 5.98. The highest BCUT2D eigenvalue weighted by Gasteiger charge is 2.53. The first kappa shape index (κ1) is 12.6. The van der Waals surface area contributed by atoms with Gasteiger partial charge in [-0.1, -0.05) is 26.0 Å². The van der Waals surface area contributed by atoms with Crippen molar-refractivity contribution in [3.63, 3.8) is 0 Å². The molecule has 0 spiro atoms. The molecule has 0 bridgehead atoms. The van der Waals surface area contributed by atoms with Gasteiger partial charge in [-0.15, -0.1) is 0 Å². The van der Waals surface area contributed by atoms with E-state index in [-0.39, 0.29) is 6.54 Å². The molecule has 0 atom stereocenters. The van der Waals surface area contributed by atoms with Crippen molar-refractivity contribution in [2.24, 2.45) is 5.73 Å². The van der Waals surface area contributed by atoms with E-state index >= 15 is 0 Å². The monoisotopic (exact) mass is 253 g/mol. The minimum absolute atomic E-state index is 0.223. The number of nitrogens with two attached hydrogens (primary N) is 1. The zero-order valence-corrected chi connectivity index (χ0v) is 11.1. The molecule has 2 N–H and O–H groups in total. The van der Waals surface area contributed by atoms with Gasteiger partial charge in [0.25, 0.3) is 0 Å². The molecule has 17 heavy (non-hydrogen) atoms. The second kappa shape index (κ2) is 4.10. The molecule has 1 aromatic rings. The van der Waals surface area contributed by atoms with Gasteiger partial charge in [0.05, 0.1) is 9.64 Å². The van der Waals surface area contributed by atoms with E-state index < -0.39 is 14.6 Å². The summed E-state index contributed by atoms with van der Waals surface area (Å²) in [7, 11) is -3.24. The molecule has 4 heteroatoms. The van der Waals surface area contributed by atoms with Crippen LogP contribution in [0, 0.1) is 0 Å². The van der Waals surface area contributed by atoms with E-state index in [4.69, 9.17) is 5.73 Å². The maximum absolute atomic E-state index is 12.3. The zero-order valence-electron chi connectivity index (χ0n) is 10.3. The summed E-state index contributed by atoms with van der Waals surface area (Å²) in [5, 5.41) is 0. The highest BCUT2D eigenvalue weighted by atomic mass is 32.2. The highest BCUT2D eigenvalue weighted by molar-refractivity contribution is 7.93. The van der Waals surface area contributed by atoms with Gasteiger partial charge >= 0.3 is 0 Å². The lowest BCUT2D eigenvalue weighted by molar-refractivity contribution is 0.577. The van der Waals surface area contributed by atoms with Crippen LogP contribution in [0.1, 0.15) is 38.2 Å². The zero-order chi connectivity index (χ0) is 12.7. The molecular formula is C13H19NO2S. The molecule has 0 amide bonds. The van der Waals surface area contributed by atoms with Gasteiger partial charge in [0.2, 0.25) is 0 Å². The molecule has 1 aromatic carbocycles. The second-order valence-corrected chi connectivity index (χ2v) is 7.46. The molecule has 3 nitrogen and oxygen atoms in total. The summed E-state index contributed by atoms with van der Waals surface area (Å²) in [4.78, 5) is 0.407. The summed E-state index contributed by atoms with van der Waals surface area (Å²) >= 11 is 0. The minimum atomic E-state index is -3.24. The van der Waals surface area contributed by atoms with Crippen molar-refractivity contribution in [2.75, 3.05) is 6.54 Å². The molecule has 1 fully saturated rings. The predicted molar refractivity (Wildman–Crippen MR) is 68.7 cm³/mol. The lowest BCUT2D eigenvalue weighted by atomic mass is 10.0. The van der Waals surface area contributed by atoms with Crippen molar-refractivity contribution < 1.29 is 8.42 Å². The van der Waals surface area contributed by atoms with E-state index in [0.29, 0.717) is 23.7 Å². The molecule has 0 aliphatic heterocycles. The molecule has 0 unspecified atom stereocenters. The third-order valence-electron chi connectivity index (χ3n) is 3.61. The van der Waals surface area contributed by atoms with Gasteiger partial charge in [-0.2, -0.15) is 0 Å². The third kappa shape index (κ3) is 2.00. The van der Waals surface area contributed by atoms with Crippen molar-refractivity contribution in [2.45, 2.75) is 42.2 Å². The van der Waals surface area contributed by atoms with Crippen LogP contribution in [0.5, 0.6) is 0 Å². The summed E-state index contributed by atoms with van der Waals surface area (Å²) in [5.41, 5.74) is 6.75. The average Bonchev–Trinajstić information content (AvgIpc) is 3.10. The van der Waals surface area contributed by atoms with E-state index in [2.05, 4.69) is 13.8 Å². The molecule has 0 radical (unpaired) electrons. The van der Waals surface area contributed by atoms with E-state index in [1.165, 1.54) is 0 Å². The number of hydrogen-bond acceptors (Lipinski definition) is 3. The topological polar surface area (TPSA) is 60.2 Å². The normalized spacial score (nSPS) is 18.4. The quantitative estimate of drug-likeness (QED) is 0.893. The van der Waals surface area contributed by atoms with Crippen molar-refractivity contribution in [1.82, 2.24) is 0 Å². The lowest BCUT2D eigenvalue weighted by Gasteiger charge is -2.14. The number of hydrogen-bond donors (Lipinski definition) is 1. The summed E-state index contributed by atoms with van der Waals surface area (Å²) in [6.07, 6.45) is 1.38. The van der Waals surface area contributed by atoms with Crippen LogP contribution in [-0.4, -0.2) is 19.7 Å². The van der Waals surface area contributed by atoms with Gasteiger partial charge in [0.15, 0.2) is 9.84 Å². The molecule has 94 valence electrons. The molecular weight excluding hydrogens is 234 g/mol. The van der Waals surface area contributed by atoms with Gasteiger partial charge in [-0.25, -0.2) is 8.42 Å². The smallest absolute Gasteiger partial charge is 0.185 e. The summed E-state index contributed by atoms with van der Waals surface area (Å²) in [6.45, 7) is 4.40. The summed E-state index contributed by atoms with van der Waals surface area (Å²) < 4.78 is 24.0. The fraction of sp³-hybridized carbons (Fsp3) is 0.538. The van der Waals surface area contributed by atoms with E-state index in [9.17, 15) is 8.42 Å². The van der Waals surface area contributed by atoms with Gasteiger partial charge in [0, 0.05) is 6.54 Å². The molecule has 0 heterocycles. The number of rotatable bonds is 4. The molecule has 1 aliphatic carbocycles. The van der Waals surface area contributed by atoms with Crippen LogP contribution in [0.15, 0.2) is 29.2 Å². The highest BCUT2D eigenvalue weighted by Crippen LogP contribution is 2.45. The molecule has 2 rings (SSSR count). The Morgan fingerprint density at radius 2 is 1.76 bits per heavy atom. The van der Waals surface area contributed by atoms with Crippen LogP contribution in [0.25, 0.3) is 0 Å². The Balaban J connectivity index is 2.35. The van der Waals surface area contributed by atoms with E-state index in [1.807, 2.05) is 12.1 Å². The Hall–Kier alpha value is -0.870. The van der Waals surface area contributed by atoms with Gasteiger partial charge in [-0.3, -0.25) is 0 Å². The molecule has 1 saturated carbocycles. The third-order valence-corrected chi connectivity index (χ3v) is 6.21. The van der Waals surface area contributed by atoms with Crippen LogP contribution in [0.4, 0.5) is 0 Å². The standard InChI is InChI=1S/C13H19NO2S/c1-10(2)11-3-5-12(6-4-11)17(15,16)13(9-14)7-8-13/h3-6,10H,7-9,14H2,1-2H3. The Kier molecular flexibility index (Phi) is 3.04. The van der Waals surface area contributed by atoms with Gasteiger partial charge in [-0.05, 0) is 36.5 Å². The van der Waals surface area contributed by atoms with Crippen molar-refractivity contribution in [3.05, 3.63) is 29.8 Å². The van der Waals surface area contributed by atoms with Crippen LogP contribution in [0.3, 0.4) is 0 Å². The molecule has 0 saturated heterocycles. The maximum Gasteiger partial charge on any atom is 0.185 e. The second-order valence-electron chi connectivity index (χ2n) is 5.11. The maximum atomic E-state index is 12.3. The van der Waals surface area contributed by atoms with E-state index in [1.54, 1.807) is 12.1 Å². The van der Waals surface area contributed by atoms with Crippen molar-refractivity contribution in [1.29, 1.82) is 0 Å². The Labute approximate surface area is 103 Å². The SMILES string of the molecule is CC(C)c1ccc(S(=O)(=O)C2(CN)CC2)cc1. The van der Waals surface area contributed by atoms with Crippen molar-refractivity contribution in [3.8, 4) is 0 Å². The molecule has 1 aliphatic rings. The first-order chi connectivity index (χ1) is 7.93. The Morgan fingerprint density at radius 1 is 1.24 bits per heavy atom.